The van der Waals surface area contributed by atoms with Crippen LogP contribution in [0.5, 0.6) is 5.88 Å². The van der Waals surface area contributed by atoms with Crippen LogP contribution in [-0.2, 0) is 6.42 Å². The van der Waals surface area contributed by atoms with Crippen LogP contribution in [0.15, 0.2) is 70.5 Å². The van der Waals surface area contributed by atoms with E-state index in [0.717, 1.165) is 39.8 Å². The highest BCUT2D eigenvalue weighted by Crippen LogP contribution is 2.45. The SMILES string of the molecule is CCCc1nn(-c2ccccc2)c2c1[C@@H](c1cccc(Br)c1)C(C#N)=C(N)O2. The fraction of sp³-hybridized carbons (Fsp3) is 0.182. The molecule has 2 heterocycles. The highest BCUT2D eigenvalue weighted by atomic mass is 79.9. The third-order valence-corrected chi connectivity index (χ3v) is 5.29. The summed E-state index contributed by atoms with van der Waals surface area (Å²) in [6, 6.07) is 20.0. The molecule has 1 aromatic heterocycles. The first-order valence-electron chi connectivity index (χ1n) is 9.14. The zero-order chi connectivity index (χ0) is 19.7. The van der Waals surface area contributed by atoms with Crippen LogP contribution in [0.25, 0.3) is 5.69 Å². The van der Waals surface area contributed by atoms with E-state index in [1.807, 2.05) is 54.6 Å². The van der Waals surface area contributed by atoms with Gasteiger partial charge in [0.2, 0.25) is 11.8 Å². The Labute approximate surface area is 172 Å². The molecule has 2 aromatic carbocycles. The van der Waals surface area contributed by atoms with E-state index >= 15 is 0 Å². The number of nitrogens with zero attached hydrogens (tertiary/aromatic N) is 3. The normalized spacial score (nSPS) is 15.7. The van der Waals surface area contributed by atoms with Gasteiger partial charge in [0.25, 0.3) is 0 Å². The minimum absolute atomic E-state index is 0.125. The summed E-state index contributed by atoms with van der Waals surface area (Å²) in [5, 5.41) is 14.7. The zero-order valence-electron chi connectivity index (χ0n) is 15.4. The number of aromatic nitrogens is 2. The third-order valence-electron chi connectivity index (χ3n) is 4.79. The first-order chi connectivity index (χ1) is 13.6. The van der Waals surface area contributed by atoms with E-state index in [0.29, 0.717) is 11.5 Å². The van der Waals surface area contributed by atoms with E-state index in [9.17, 15) is 5.26 Å². The molecule has 0 radical (unpaired) electrons. The average Bonchev–Trinajstić information content (AvgIpc) is 3.05. The van der Waals surface area contributed by atoms with E-state index in [4.69, 9.17) is 15.6 Å². The maximum atomic E-state index is 9.83. The molecule has 28 heavy (non-hydrogen) atoms. The summed E-state index contributed by atoms with van der Waals surface area (Å²) in [4.78, 5) is 0. The summed E-state index contributed by atoms with van der Waals surface area (Å²) in [6.45, 7) is 2.11. The first kappa shape index (κ1) is 18.3. The summed E-state index contributed by atoms with van der Waals surface area (Å²) in [6.07, 6.45) is 1.72. The zero-order valence-corrected chi connectivity index (χ0v) is 17.0. The molecule has 1 aliphatic rings. The van der Waals surface area contributed by atoms with Crippen molar-refractivity contribution in [1.29, 1.82) is 5.26 Å². The number of ether oxygens (including phenoxy) is 1. The maximum Gasteiger partial charge on any atom is 0.229 e. The lowest BCUT2D eigenvalue weighted by atomic mass is 9.83. The van der Waals surface area contributed by atoms with Gasteiger partial charge >= 0.3 is 0 Å². The Kier molecular flexibility index (Phi) is 4.93. The number of rotatable bonds is 4. The Morgan fingerprint density at radius 2 is 2.00 bits per heavy atom. The standard InChI is InChI=1S/C22H19BrN4O/c1-2-7-18-20-19(14-8-6-9-15(23)12-14)17(13-24)21(25)28-22(20)27(26-18)16-10-4-3-5-11-16/h3-6,8-12,19H,2,7,25H2,1H3/t19-/m0/s1. The van der Waals surface area contributed by atoms with Gasteiger partial charge in [-0.15, -0.1) is 0 Å². The molecule has 1 atom stereocenters. The molecule has 0 saturated heterocycles. The van der Waals surface area contributed by atoms with Gasteiger partial charge in [-0.1, -0.05) is 59.6 Å². The lowest BCUT2D eigenvalue weighted by Crippen LogP contribution is -2.22. The van der Waals surface area contributed by atoms with Crippen LogP contribution in [0, 0.1) is 11.3 Å². The summed E-state index contributed by atoms with van der Waals surface area (Å²) >= 11 is 3.53. The van der Waals surface area contributed by atoms with Crippen LogP contribution in [-0.4, -0.2) is 9.78 Å². The Balaban J connectivity index is 1.99. The Hall–Kier alpha value is -3.04. The average molecular weight is 435 g/mol. The molecule has 0 spiro atoms. The van der Waals surface area contributed by atoms with Gasteiger partial charge in [0.05, 0.1) is 22.9 Å². The fourth-order valence-corrected chi connectivity index (χ4v) is 4.01. The van der Waals surface area contributed by atoms with Gasteiger partial charge in [-0.2, -0.15) is 10.4 Å². The van der Waals surface area contributed by atoms with Gasteiger partial charge in [-0.05, 0) is 36.2 Å². The molecule has 4 rings (SSSR count). The largest absolute Gasteiger partial charge is 0.422 e. The lowest BCUT2D eigenvalue weighted by Gasteiger charge is -2.25. The molecule has 0 saturated carbocycles. The Morgan fingerprint density at radius 3 is 2.68 bits per heavy atom. The number of benzene rings is 2. The van der Waals surface area contributed by atoms with E-state index in [1.54, 1.807) is 4.68 Å². The van der Waals surface area contributed by atoms with E-state index in [1.165, 1.54) is 0 Å². The minimum Gasteiger partial charge on any atom is -0.422 e. The number of hydrogen-bond acceptors (Lipinski definition) is 4. The number of para-hydroxylation sites is 1. The molecule has 5 nitrogen and oxygen atoms in total. The molecule has 1 aliphatic heterocycles. The lowest BCUT2D eigenvalue weighted by molar-refractivity contribution is 0.367. The second-order valence-electron chi connectivity index (χ2n) is 6.64. The molecular weight excluding hydrogens is 416 g/mol. The Bertz CT molecular complexity index is 1100. The molecule has 0 bridgehead atoms. The summed E-state index contributed by atoms with van der Waals surface area (Å²) in [5.74, 6) is 0.390. The minimum atomic E-state index is -0.315. The number of nitrogens with two attached hydrogens (primary N) is 1. The van der Waals surface area contributed by atoms with Crippen LogP contribution in [0.1, 0.15) is 36.1 Å². The predicted octanol–water partition coefficient (Wildman–Crippen LogP) is 4.81. The molecule has 140 valence electrons. The van der Waals surface area contributed by atoms with E-state index < -0.39 is 0 Å². The second kappa shape index (κ2) is 7.53. The van der Waals surface area contributed by atoms with Gasteiger partial charge in [0.1, 0.15) is 11.6 Å². The highest BCUT2D eigenvalue weighted by Gasteiger charge is 2.36. The topological polar surface area (TPSA) is 76.9 Å². The van der Waals surface area contributed by atoms with Gasteiger partial charge < -0.3 is 10.5 Å². The molecule has 0 fully saturated rings. The van der Waals surface area contributed by atoms with Crippen LogP contribution >= 0.6 is 15.9 Å². The van der Waals surface area contributed by atoms with Crippen LogP contribution in [0.3, 0.4) is 0 Å². The van der Waals surface area contributed by atoms with Crippen molar-refractivity contribution in [2.75, 3.05) is 0 Å². The van der Waals surface area contributed by atoms with Crippen molar-refractivity contribution in [3.8, 4) is 17.6 Å². The summed E-state index contributed by atoms with van der Waals surface area (Å²) in [5.41, 5.74) is 10.3. The van der Waals surface area contributed by atoms with E-state index in [-0.39, 0.29) is 11.8 Å². The van der Waals surface area contributed by atoms with Crippen molar-refractivity contribution < 1.29 is 4.74 Å². The molecule has 0 amide bonds. The quantitative estimate of drug-likeness (QED) is 0.639. The van der Waals surface area contributed by atoms with Crippen molar-refractivity contribution >= 4 is 15.9 Å². The second-order valence-corrected chi connectivity index (χ2v) is 7.56. The van der Waals surface area contributed by atoms with Gasteiger partial charge in [-0.25, -0.2) is 4.68 Å². The molecule has 0 aliphatic carbocycles. The summed E-state index contributed by atoms with van der Waals surface area (Å²) < 4.78 is 8.68. The molecule has 6 heteroatoms. The molecule has 3 aromatic rings. The van der Waals surface area contributed by atoms with Crippen molar-refractivity contribution in [3.63, 3.8) is 0 Å². The maximum absolute atomic E-state index is 9.83. The van der Waals surface area contributed by atoms with Crippen molar-refractivity contribution in [1.82, 2.24) is 9.78 Å². The highest BCUT2D eigenvalue weighted by molar-refractivity contribution is 9.10. The smallest absolute Gasteiger partial charge is 0.229 e. The Morgan fingerprint density at radius 1 is 1.21 bits per heavy atom. The van der Waals surface area contributed by atoms with Crippen molar-refractivity contribution in [2.24, 2.45) is 5.73 Å². The number of allylic oxidation sites excluding steroid dienone is 1. The van der Waals surface area contributed by atoms with Gasteiger partial charge in [0, 0.05) is 4.47 Å². The van der Waals surface area contributed by atoms with Crippen LogP contribution in [0.4, 0.5) is 0 Å². The van der Waals surface area contributed by atoms with Gasteiger partial charge in [0.15, 0.2) is 0 Å². The number of hydrogen-bond donors (Lipinski definition) is 1. The van der Waals surface area contributed by atoms with Crippen molar-refractivity contribution in [2.45, 2.75) is 25.7 Å². The van der Waals surface area contributed by atoms with E-state index in [2.05, 4.69) is 28.9 Å². The van der Waals surface area contributed by atoms with Crippen LogP contribution < -0.4 is 10.5 Å². The molecule has 2 N–H and O–H groups in total. The third kappa shape index (κ3) is 3.08. The van der Waals surface area contributed by atoms with Gasteiger partial charge in [-0.3, -0.25) is 0 Å². The summed E-state index contributed by atoms with van der Waals surface area (Å²) in [7, 11) is 0. The fourth-order valence-electron chi connectivity index (χ4n) is 3.60. The van der Waals surface area contributed by atoms with Crippen LogP contribution in [0.2, 0.25) is 0 Å². The number of nitriles is 1. The molecule has 0 unspecified atom stereocenters. The monoisotopic (exact) mass is 434 g/mol. The number of fused-ring (bicyclic) bond motifs is 1. The number of halogens is 1. The predicted molar refractivity (Wildman–Crippen MR) is 111 cm³/mol. The molecular formula is C22H19BrN4O. The van der Waals surface area contributed by atoms with Crippen molar-refractivity contribution in [3.05, 3.63) is 87.3 Å². The first-order valence-corrected chi connectivity index (χ1v) is 9.93. The number of aryl methyl sites for hydroxylation is 1.